The van der Waals surface area contributed by atoms with E-state index in [9.17, 15) is 0 Å². The molecule has 0 spiro atoms. The Bertz CT molecular complexity index is 685. The third kappa shape index (κ3) is 1.67. The van der Waals surface area contributed by atoms with Crippen LogP contribution in [0.2, 0.25) is 0 Å². The van der Waals surface area contributed by atoms with Crippen LogP contribution in [0.3, 0.4) is 0 Å². The van der Waals surface area contributed by atoms with Crippen LogP contribution < -0.4 is 0 Å². The number of nitrogens with zero attached hydrogens (tertiary/aromatic N) is 4. The Morgan fingerprint density at radius 3 is 2.71 bits per heavy atom. The van der Waals surface area contributed by atoms with Crippen LogP contribution in [-0.2, 0) is 0 Å². The highest BCUT2D eigenvalue weighted by Gasteiger charge is 2.04. The first-order valence-corrected chi connectivity index (χ1v) is 5.48. The Balaban J connectivity index is 2.22. The first-order chi connectivity index (χ1) is 8.24. The Hall–Kier alpha value is -2.23. The number of aryl methyl sites for hydroxylation is 2. The van der Waals surface area contributed by atoms with Gasteiger partial charge in [-0.1, -0.05) is 6.07 Å². The lowest BCUT2D eigenvalue weighted by atomic mass is 10.2. The van der Waals surface area contributed by atoms with Crippen LogP contribution in [0.15, 0.2) is 36.8 Å². The summed E-state index contributed by atoms with van der Waals surface area (Å²) in [4.78, 5) is 13.2. The molecule has 0 saturated heterocycles. The summed E-state index contributed by atoms with van der Waals surface area (Å²) in [5, 5.41) is 0. The summed E-state index contributed by atoms with van der Waals surface area (Å²) in [6.45, 7) is 4.00. The van der Waals surface area contributed by atoms with Crippen LogP contribution in [0.1, 0.15) is 11.4 Å². The minimum atomic E-state index is 0.804. The molecule has 0 N–H and O–H groups in total. The van der Waals surface area contributed by atoms with Crippen molar-refractivity contribution in [3.8, 4) is 5.82 Å². The van der Waals surface area contributed by atoms with Crippen LogP contribution >= 0.6 is 0 Å². The van der Waals surface area contributed by atoms with E-state index in [1.165, 1.54) is 5.56 Å². The zero-order chi connectivity index (χ0) is 11.8. The maximum absolute atomic E-state index is 4.60. The van der Waals surface area contributed by atoms with Crippen molar-refractivity contribution in [2.45, 2.75) is 13.8 Å². The van der Waals surface area contributed by atoms with Gasteiger partial charge < -0.3 is 0 Å². The lowest BCUT2D eigenvalue weighted by molar-refractivity contribution is 0.931. The summed E-state index contributed by atoms with van der Waals surface area (Å²) in [7, 11) is 0. The molecule has 0 saturated carbocycles. The largest absolute Gasteiger partial charge is 0.287 e. The molecular formula is C13H12N4. The molecule has 4 nitrogen and oxygen atoms in total. The topological polar surface area (TPSA) is 43.6 Å². The Morgan fingerprint density at radius 1 is 1.06 bits per heavy atom. The van der Waals surface area contributed by atoms with Gasteiger partial charge >= 0.3 is 0 Å². The molecular weight excluding hydrogens is 212 g/mol. The van der Waals surface area contributed by atoms with Crippen molar-refractivity contribution in [1.82, 2.24) is 19.5 Å². The number of benzene rings is 1. The van der Waals surface area contributed by atoms with Crippen molar-refractivity contribution in [2.24, 2.45) is 0 Å². The highest BCUT2D eigenvalue weighted by molar-refractivity contribution is 5.75. The smallest absolute Gasteiger partial charge is 0.157 e. The normalized spacial score (nSPS) is 10.9. The number of hydrogen-bond acceptors (Lipinski definition) is 3. The molecule has 2 heterocycles. The predicted octanol–water partition coefficient (Wildman–Crippen LogP) is 2.43. The summed E-state index contributed by atoms with van der Waals surface area (Å²) < 4.78 is 1.93. The Labute approximate surface area is 99.0 Å². The molecule has 17 heavy (non-hydrogen) atoms. The van der Waals surface area contributed by atoms with Gasteiger partial charge in [0.2, 0.25) is 0 Å². The number of imidazole rings is 1. The molecule has 3 rings (SSSR count). The third-order valence-corrected chi connectivity index (χ3v) is 2.76. The van der Waals surface area contributed by atoms with Crippen molar-refractivity contribution in [3.63, 3.8) is 0 Å². The van der Waals surface area contributed by atoms with Crippen molar-refractivity contribution in [2.75, 3.05) is 0 Å². The second-order valence-electron chi connectivity index (χ2n) is 4.06. The van der Waals surface area contributed by atoms with Gasteiger partial charge in [0.25, 0.3) is 0 Å². The lowest BCUT2D eigenvalue weighted by Gasteiger charge is -2.05. The Kier molecular flexibility index (Phi) is 2.14. The number of rotatable bonds is 1. The van der Waals surface area contributed by atoms with Crippen LogP contribution in [0.5, 0.6) is 0 Å². The van der Waals surface area contributed by atoms with Gasteiger partial charge in [0.15, 0.2) is 5.82 Å². The fraction of sp³-hybridized carbons (Fsp3) is 0.154. The van der Waals surface area contributed by atoms with Crippen LogP contribution in [-0.4, -0.2) is 19.5 Å². The van der Waals surface area contributed by atoms with Gasteiger partial charge in [-0.25, -0.2) is 9.97 Å². The predicted molar refractivity (Wildman–Crippen MR) is 66.1 cm³/mol. The molecule has 0 amide bonds. The van der Waals surface area contributed by atoms with Crippen molar-refractivity contribution in [1.29, 1.82) is 0 Å². The van der Waals surface area contributed by atoms with Crippen LogP contribution in [0.25, 0.3) is 16.9 Å². The van der Waals surface area contributed by atoms with E-state index in [0.717, 1.165) is 22.7 Å². The lowest BCUT2D eigenvalue weighted by Crippen LogP contribution is -2.00. The van der Waals surface area contributed by atoms with E-state index in [1.54, 1.807) is 12.4 Å². The quantitative estimate of drug-likeness (QED) is 0.637. The summed E-state index contributed by atoms with van der Waals surface area (Å²) >= 11 is 0. The van der Waals surface area contributed by atoms with E-state index in [0.29, 0.717) is 0 Å². The van der Waals surface area contributed by atoms with Gasteiger partial charge in [-0.2, -0.15) is 0 Å². The average molecular weight is 224 g/mol. The molecule has 0 bridgehead atoms. The zero-order valence-corrected chi connectivity index (χ0v) is 9.75. The molecule has 3 aromatic rings. The summed E-state index contributed by atoms with van der Waals surface area (Å²) in [5.41, 5.74) is 3.01. The molecule has 84 valence electrons. The summed E-state index contributed by atoms with van der Waals surface area (Å²) in [6, 6.07) is 6.07. The van der Waals surface area contributed by atoms with Crippen LogP contribution in [0.4, 0.5) is 0 Å². The molecule has 0 aliphatic rings. The standard InChI is InChI=1S/C13H12N4/c1-9-3-4-11-12(7-9)16-13(8-15-11)17-6-5-14-10(17)2/h3-8H,1-2H3. The maximum atomic E-state index is 4.60. The van der Waals surface area contributed by atoms with E-state index >= 15 is 0 Å². The van der Waals surface area contributed by atoms with Gasteiger partial charge in [-0.3, -0.25) is 9.55 Å². The maximum Gasteiger partial charge on any atom is 0.157 e. The summed E-state index contributed by atoms with van der Waals surface area (Å²) in [5.74, 6) is 1.71. The fourth-order valence-corrected chi connectivity index (χ4v) is 1.85. The van der Waals surface area contributed by atoms with E-state index in [-0.39, 0.29) is 0 Å². The van der Waals surface area contributed by atoms with Gasteiger partial charge in [-0.05, 0) is 31.5 Å². The number of aromatic nitrogens is 4. The molecule has 0 fully saturated rings. The number of hydrogen-bond donors (Lipinski definition) is 0. The first-order valence-electron chi connectivity index (χ1n) is 5.48. The van der Waals surface area contributed by atoms with Gasteiger partial charge in [0.05, 0.1) is 17.2 Å². The number of fused-ring (bicyclic) bond motifs is 1. The van der Waals surface area contributed by atoms with Crippen molar-refractivity contribution < 1.29 is 0 Å². The van der Waals surface area contributed by atoms with E-state index in [2.05, 4.69) is 21.9 Å². The Morgan fingerprint density at radius 2 is 1.94 bits per heavy atom. The molecule has 4 heteroatoms. The first kappa shape index (κ1) is 9.96. The highest BCUT2D eigenvalue weighted by atomic mass is 15.1. The zero-order valence-electron chi connectivity index (χ0n) is 9.75. The van der Waals surface area contributed by atoms with Crippen LogP contribution in [0, 0.1) is 13.8 Å². The van der Waals surface area contributed by atoms with Crippen molar-refractivity contribution in [3.05, 3.63) is 48.2 Å². The molecule has 2 aromatic heterocycles. The molecule has 0 aliphatic heterocycles. The molecule has 0 unspecified atom stereocenters. The van der Waals surface area contributed by atoms with E-state index < -0.39 is 0 Å². The average Bonchev–Trinajstić information content (AvgIpc) is 2.74. The molecule has 0 aliphatic carbocycles. The molecule has 0 radical (unpaired) electrons. The van der Waals surface area contributed by atoms with Gasteiger partial charge in [0, 0.05) is 12.4 Å². The SMILES string of the molecule is Cc1ccc2ncc(-n3ccnc3C)nc2c1. The van der Waals surface area contributed by atoms with E-state index in [4.69, 9.17) is 0 Å². The van der Waals surface area contributed by atoms with Crippen molar-refractivity contribution >= 4 is 11.0 Å². The fourth-order valence-electron chi connectivity index (χ4n) is 1.85. The van der Waals surface area contributed by atoms with E-state index in [1.807, 2.05) is 35.9 Å². The minimum absolute atomic E-state index is 0.804. The third-order valence-electron chi connectivity index (χ3n) is 2.76. The molecule has 1 aromatic carbocycles. The highest BCUT2D eigenvalue weighted by Crippen LogP contribution is 2.14. The van der Waals surface area contributed by atoms with Gasteiger partial charge in [-0.15, -0.1) is 0 Å². The second-order valence-corrected chi connectivity index (χ2v) is 4.06. The monoisotopic (exact) mass is 224 g/mol. The second kappa shape index (κ2) is 3.66. The molecule has 0 atom stereocenters. The van der Waals surface area contributed by atoms with Gasteiger partial charge in [0.1, 0.15) is 5.82 Å². The summed E-state index contributed by atoms with van der Waals surface area (Å²) in [6.07, 6.45) is 5.42. The minimum Gasteiger partial charge on any atom is -0.287 e.